The van der Waals surface area contributed by atoms with E-state index in [0.717, 1.165) is 25.3 Å². The summed E-state index contributed by atoms with van der Waals surface area (Å²) in [5, 5.41) is 3.17. The average molecular weight is 253 g/mol. The van der Waals surface area contributed by atoms with Gasteiger partial charge in [-0.2, -0.15) is 4.98 Å². The summed E-state index contributed by atoms with van der Waals surface area (Å²) in [5.41, 5.74) is 0. The van der Waals surface area contributed by atoms with Crippen molar-refractivity contribution in [2.24, 2.45) is 0 Å². The highest BCUT2D eigenvalue weighted by Crippen LogP contribution is 2.28. The molecular formula is C12H19N3O3. The van der Waals surface area contributed by atoms with E-state index in [1.807, 2.05) is 0 Å². The normalized spacial score (nSPS) is 18.9. The quantitative estimate of drug-likeness (QED) is 0.773. The summed E-state index contributed by atoms with van der Waals surface area (Å²) in [6, 6.07) is 1.77. The molecule has 0 aliphatic carbocycles. The Hall–Kier alpha value is -1.40. The van der Waals surface area contributed by atoms with Crippen molar-refractivity contribution in [2.45, 2.75) is 18.9 Å². The molecule has 0 amide bonds. The van der Waals surface area contributed by atoms with Crippen molar-refractivity contribution in [1.29, 1.82) is 0 Å². The van der Waals surface area contributed by atoms with Crippen LogP contribution in [0, 0.1) is 0 Å². The molecule has 1 saturated heterocycles. The van der Waals surface area contributed by atoms with Crippen molar-refractivity contribution in [3.8, 4) is 5.88 Å². The highest BCUT2D eigenvalue weighted by Gasteiger charge is 2.21. The largest absolute Gasteiger partial charge is 0.481 e. The molecule has 0 radical (unpaired) electrons. The molecule has 6 nitrogen and oxygen atoms in total. The monoisotopic (exact) mass is 253 g/mol. The van der Waals surface area contributed by atoms with E-state index in [0.29, 0.717) is 24.9 Å². The number of ether oxygens (including phenoxy) is 3. The van der Waals surface area contributed by atoms with Crippen molar-refractivity contribution in [3.63, 3.8) is 0 Å². The second kappa shape index (κ2) is 6.51. The van der Waals surface area contributed by atoms with Gasteiger partial charge in [0.25, 0.3) is 0 Å². The lowest BCUT2D eigenvalue weighted by Gasteiger charge is -2.12. The number of nitrogens with one attached hydrogen (secondary N) is 1. The third-order valence-corrected chi connectivity index (χ3v) is 2.76. The maximum atomic E-state index is 5.59. The first kappa shape index (κ1) is 13.0. The third kappa shape index (κ3) is 3.30. The van der Waals surface area contributed by atoms with Crippen molar-refractivity contribution in [1.82, 2.24) is 9.97 Å². The first-order chi connectivity index (χ1) is 8.83. The van der Waals surface area contributed by atoms with Crippen molar-refractivity contribution in [3.05, 3.63) is 11.9 Å². The summed E-state index contributed by atoms with van der Waals surface area (Å²) in [6.07, 6.45) is 2.01. The summed E-state index contributed by atoms with van der Waals surface area (Å²) >= 11 is 0. The van der Waals surface area contributed by atoms with Gasteiger partial charge < -0.3 is 19.5 Å². The van der Waals surface area contributed by atoms with Gasteiger partial charge in [-0.25, -0.2) is 4.98 Å². The van der Waals surface area contributed by atoms with E-state index in [2.05, 4.69) is 15.3 Å². The van der Waals surface area contributed by atoms with Crippen LogP contribution in [0.3, 0.4) is 0 Å². The lowest BCUT2D eigenvalue weighted by molar-refractivity contribution is 0.104. The number of hydrogen-bond acceptors (Lipinski definition) is 6. The van der Waals surface area contributed by atoms with Crippen molar-refractivity contribution in [2.75, 3.05) is 39.3 Å². The number of aromatic nitrogens is 2. The molecule has 1 aromatic heterocycles. The van der Waals surface area contributed by atoms with Crippen molar-refractivity contribution < 1.29 is 14.2 Å². The smallest absolute Gasteiger partial charge is 0.218 e. The molecule has 1 atom stereocenters. The standard InChI is InChI=1S/C12H19N3O3/c1-16-7-5-13-10-8-11(17-2)15-12(14-10)9-4-3-6-18-9/h8-9H,3-7H2,1-2H3,(H,13,14,15). The molecule has 1 fully saturated rings. The summed E-state index contributed by atoms with van der Waals surface area (Å²) in [6.45, 7) is 2.10. The van der Waals surface area contributed by atoms with Gasteiger partial charge in [0, 0.05) is 26.3 Å². The Bertz CT molecular complexity index is 381. The Kier molecular flexibility index (Phi) is 4.72. The van der Waals surface area contributed by atoms with Gasteiger partial charge in [-0.05, 0) is 12.8 Å². The fourth-order valence-electron chi connectivity index (χ4n) is 1.84. The van der Waals surface area contributed by atoms with Gasteiger partial charge in [-0.1, -0.05) is 0 Å². The number of methoxy groups -OCH3 is 2. The first-order valence-corrected chi connectivity index (χ1v) is 6.11. The molecule has 2 heterocycles. The number of nitrogens with zero attached hydrogens (tertiary/aromatic N) is 2. The Balaban J connectivity index is 2.10. The van der Waals surface area contributed by atoms with Crippen LogP contribution in [0.15, 0.2) is 6.07 Å². The van der Waals surface area contributed by atoms with Gasteiger partial charge in [0.05, 0.1) is 13.7 Å². The van der Waals surface area contributed by atoms with Crippen molar-refractivity contribution >= 4 is 5.82 Å². The molecule has 6 heteroatoms. The summed E-state index contributed by atoms with van der Waals surface area (Å²) in [5.74, 6) is 1.98. The second-order valence-corrected chi connectivity index (χ2v) is 4.07. The SMILES string of the molecule is COCCNc1cc(OC)nc(C2CCCO2)n1. The van der Waals surface area contributed by atoms with Gasteiger partial charge in [-0.15, -0.1) is 0 Å². The maximum absolute atomic E-state index is 5.59. The minimum Gasteiger partial charge on any atom is -0.481 e. The van der Waals surface area contributed by atoms with E-state index >= 15 is 0 Å². The number of rotatable bonds is 6. The molecule has 1 aliphatic heterocycles. The predicted molar refractivity (Wildman–Crippen MR) is 66.9 cm³/mol. The fourth-order valence-corrected chi connectivity index (χ4v) is 1.84. The Morgan fingerprint density at radius 2 is 2.33 bits per heavy atom. The van der Waals surface area contributed by atoms with Crippen LogP contribution in [0.4, 0.5) is 5.82 Å². The topological polar surface area (TPSA) is 65.5 Å². The molecule has 0 bridgehead atoms. The molecule has 18 heavy (non-hydrogen) atoms. The van der Waals surface area contributed by atoms with Crippen LogP contribution in [-0.2, 0) is 9.47 Å². The van der Waals surface area contributed by atoms with Crippen LogP contribution in [0.2, 0.25) is 0 Å². The maximum Gasteiger partial charge on any atom is 0.218 e. The minimum absolute atomic E-state index is 0.0110. The summed E-state index contributed by atoms with van der Waals surface area (Å²) in [7, 11) is 3.26. The second-order valence-electron chi connectivity index (χ2n) is 4.07. The predicted octanol–water partition coefficient (Wildman–Crippen LogP) is 1.39. The molecule has 1 unspecified atom stereocenters. The van der Waals surface area contributed by atoms with Crippen LogP contribution in [0.5, 0.6) is 5.88 Å². The molecule has 1 aromatic rings. The zero-order chi connectivity index (χ0) is 12.8. The van der Waals surface area contributed by atoms with Crippen LogP contribution in [-0.4, -0.2) is 43.9 Å². The van der Waals surface area contributed by atoms with E-state index in [1.165, 1.54) is 0 Å². The molecule has 0 spiro atoms. The number of hydrogen-bond donors (Lipinski definition) is 1. The fraction of sp³-hybridized carbons (Fsp3) is 0.667. The molecule has 100 valence electrons. The lowest BCUT2D eigenvalue weighted by atomic mass is 10.2. The zero-order valence-corrected chi connectivity index (χ0v) is 10.8. The van der Waals surface area contributed by atoms with E-state index in [1.54, 1.807) is 20.3 Å². The van der Waals surface area contributed by atoms with Crippen LogP contribution >= 0.6 is 0 Å². The Morgan fingerprint density at radius 1 is 1.44 bits per heavy atom. The van der Waals surface area contributed by atoms with Crippen LogP contribution in [0.25, 0.3) is 0 Å². The molecule has 1 N–H and O–H groups in total. The average Bonchev–Trinajstić information content (AvgIpc) is 2.92. The van der Waals surface area contributed by atoms with Gasteiger partial charge in [0.2, 0.25) is 5.88 Å². The van der Waals surface area contributed by atoms with E-state index in [-0.39, 0.29) is 6.10 Å². The van der Waals surface area contributed by atoms with E-state index in [9.17, 15) is 0 Å². The molecule has 0 saturated carbocycles. The Labute approximate surface area is 107 Å². The van der Waals surface area contributed by atoms with Gasteiger partial charge in [-0.3, -0.25) is 0 Å². The van der Waals surface area contributed by atoms with Gasteiger partial charge >= 0.3 is 0 Å². The van der Waals surface area contributed by atoms with Gasteiger partial charge in [0.1, 0.15) is 11.9 Å². The first-order valence-electron chi connectivity index (χ1n) is 6.11. The summed E-state index contributed by atoms with van der Waals surface area (Å²) < 4.78 is 15.8. The Morgan fingerprint density at radius 3 is 3.00 bits per heavy atom. The lowest BCUT2D eigenvalue weighted by Crippen LogP contribution is -2.12. The minimum atomic E-state index is -0.0110. The highest BCUT2D eigenvalue weighted by molar-refractivity contribution is 5.38. The van der Waals surface area contributed by atoms with E-state index < -0.39 is 0 Å². The molecular weight excluding hydrogens is 234 g/mol. The number of anilines is 1. The van der Waals surface area contributed by atoms with Crippen LogP contribution < -0.4 is 10.1 Å². The third-order valence-electron chi connectivity index (χ3n) is 2.76. The summed E-state index contributed by atoms with van der Waals surface area (Å²) in [4.78, 5) is 8.78. The van der Waals surface area contributed by atoms with E-state index in [4.69, 9.17) is 14.2 Å². The molecule has 1 aliphatic rings. The highest BCUT2D eigenvalue weighted by atomic mass is 16.5. The molecule has 2 rings (SSSR count). The molecule has 0 aromatic carbocycles. The zero-order valence-electron chi connectivity index (χ0n) is 10.8. The van der Waals surface area contributed by atoms with Gasteiger partial charge in [0.15, 0.2) is 5.82 Å². The van der Waals surface area contributed by atoms with Crippen LogP contribution in [0.1, 0.15) is 24.8 Å².